The van der Waals surface area contributed by atoms with Gasteiger partial charge in [-0.25, -0.2) is 0 Å². The quantitative estimate of drug-likeness (QED) is 0.617. The van der Waals surface area contributed by atoms with Gasteiger partial charge in [0.1, 0.15) is 0 Å². The topological polar surface area (TPSA) is 24.1 Å². The van der Waals surface area contributed by atoms with Crippen LogP contribution in [0.15, 0.2) is 0 Å². The van der Waals surface area contributed by atoms with Crippen LogP contribution in [-0.4, -0.2) is 25.2 Å². The molecule has 0 amide bonds. The van der Waals surface area contributed by atoms with Crippen LogP contribution >= 0.6 is 0 Å². The van der Waals surface area contributed by atoms with E-state index in [2.05, 4.69) is 45.3 Å². The maximum Gasteiger partial charge on any atom is 0.00970 e. The molecular formula is C12H28N2. The molecule has 0 unspecified atom stereocenters. The van der Waals surface area contributed by atoms with Gasteiger partial charge in [-0.3, -0.25) is 0 Å². The molecule has 0 aromatic rings. The maximum absolute atomic E-state index is 3.50. The van der Waals surface area contributed by atoms with E-state index in [1.165, 1.54) is 19.4 Å². The van der Waals surface area contributed by atoms with Crippen molar-refractivity contribution in [2.24, 2.45) is 5.92 Å². The highest BCUT2D eigenvalue weighted by Crippen LogP contribution is 2.04. The maximum atomic E-state index is 3.50. The third-order valence-electron chi connectivity index (χ3n) is 2.54. The summed E-state index contributed by atoms with van der Waals surface area (Å²) < 4.78 is 0. The van der Waals surface area contributed by atoms with Crippen molar-refractivity contribution in [3.63, 3.8) is 0 Å². The molecule has 0 rings (SSSR count). The highest BCUT2D eigenvalue weighted by atomic mass is 15.0. The van der Waals surface area contributed by atoms with Crippen molar-refractivity contribution in [3.8, 4) is 0 Å². The van der Waals surface area contributed by atoms with Crippen LogP contribution < -0.4 is 10.6 Å². The zero-order chi connectivity index (χ0) is 11.0. The average molecular weight is 200 g/mol. The van der Waals surface area contributed by atoms with E-state index in [0.717, 1.165) is 19.0 Å². The molecule has 0 fully saturated rings. The molecule has 0 aliphatic rings. The fourth-order valence-electron chi connectivity index (χ4n) is 1.41. The molecule has 0 aromatic carbocycles. The minimum atomic E-state index is 0.247. The molecule has 0 saturated heterocycles. The van der Waals surface area contributed by atoms with E-state index in [1.54, 1.807) is 0 Å². The SMILES string of the molecule is CCC(CC)CNCCNC(C)(C)C. The largest absolute Gasteiger partial charge is 0.315 e. The Morgan fingerprint density at radius 2 is 1.57 bits per heavy atom. The zero-order valence-electron chi connectivity index (χ0n) is 10.6. The summed E-state index contributed by atoms with van der Waals surface area (Å²) in [7, 11) is 0. The molecule has 86 valence electrons. The Hall–Kier alpha value is -0.0800. The standard InChI is InChI=1S/C12H28N2/c1-6-11(7-2)10-13-8-9-14-12(3,4)5/h11,13-14H,6-10H2,1-5H3. The Morgan fingerprint density at radius 1 is 1.00 bits per heavy atom. The highest BCUT2D eigenvalue weighted by molar-refractivity contribution is 4.70. The highest BCUT2D eigenvalue weighted by Gasteiger charge is 2.07. The molecule has 0 radical (unpaired) electrons. The van der Waals surface area contributed by atoms with Crippen LogP contribution in [0.2, 0.25) is 0 Å². The Kier molecular flexibility index (Phi) is 7.20. The van der Waals surface area contributed by atoms with Gasteiger partial charge in [0.25, 0.3) is 0 Å². The van der Waals surface area contributed by atoms with Gasteiger partial charge in [0.05, 0.1) is 0 Å². The Balaban J connectivity index is 3.29. The number of rotatable bonds is 7. The number of hydrogen-bond donors (Lipinski definition) is 2. The van der Waals surface area contributed by atoms with Crippen molar-refractivity contribution in [2.45, 2.75) is 53.0 Å². The fraction of sp³-hybridized carbons (Fsp3) is 1.00. The summed E-state index contributed by atoms with van der Waals surface area (Å²) in [4.78, 5) is 0. The lowest BCUT2D eigenvalue weighted by molar-refractivity contribution is 0.403. The normalized spacial score (nSPS) is 12.4. The minimum absolute atomic E-state index is 0.247. The molecule has 0 atom stereocenters. The van der Waals surface area contributed by atoms with Gasteiger partial charge < -0.3 is 10.6 Å². The summed E-state index contributed by atoms with van der Waals surface area (Å²) in [6.45, 7) is 14.4. The second-order valence-corrected chi connectivity index (χ2v) is 5.06. The van der Waals surface area contributed by atoms with E-state index in [-0.39, 0.29) is 5.54 Å². The first-order chi connectivity index (χ1) is 6.49. The third kappa shape index (κ3) is 8.52. The lowest BCUT2D eigenvalue weighted by atomic mass is 10.0. The summed E-state index contributed by atoms with van der Waals surface area (Å²) >= 11 is 0. The van der Waals surface area contributed by atoms with E-state index in [9.17, 15) is 0 Å². The van der Waals surface area contributed by atoms with Crippen LogP contribution in [0, 0.1) is 5.92 Å². The van der Waals surface area contributed by atoms with Gasteiger partial charge in [0.15, 0.2) is 0 Å². The molecule has 2 N–H and O–H groups in total. The second kappa shape index (κ2) is 7.24. The Labute approximate surface area is 89.9 Å². The van der Waals surface area contributed by atoms with Gasteiger partial charge in [0, 0.05) is 18.6 Å². The Morgan fingerprint density at radius 3 is 2.00 bits per heavy atom. The van der Waals surface area contributed by atoms with Crippen molar-refractivity contribution in [3.05, 3.63) is 0 Å². The van der Waals surface area contributed by atoms with Gasteiger partial charge in [-0.15, -0.1) is 0 Å². The molecule has 2 nitrogen and oxygen atoms in total. The van der Waals surface area contributed by atoms with Crippen molar-refractivity contribution in [1.82, 2.24) is 10.6 Å². The summed E-state index contributed by atoms with van der Waals surface area (Å²) in [5.41, 5.74) is 0.247. The molecule has 0 spiro atoms. The van der Waals surface area contributed by atoms with Crippen molar-refractivity contribution in [1.29, 1.82) is 0 Å². The first-order valence-corrected chi connectivity index (χ1v) is 5.95. The molecule has 2 heteroatoms. The first-order valence-electron chi connectivity index (χ1n) is 5.95. The van der Waals surface area contributed by atoms with Crippen LogP contribution in [0.25, 0.3) is 0 Å². The summed E-state index contributed by atoms with van der Waals surface area (Å²) in [6, 6.07) is 0. The van der Waals surface area contributed by atoms with Crippen molar-refractivity contribution >= 4 is 0 Å². The minimum Gasteiger partial charge on any atom is -0.315 e. The van der Waals surface area contributed by atoms with Crippen LogP contribution in [0.3, 0.4) is 0 Å². The smallest absolute Gasteiger partial charge is 0.00970 e. The van der Waals surface area contributed by atoms with E-state index >= 15 is 0 Å². The molecule has 0 aliphatic carbocycles. The summed E-state index contributed by atoms with van der Waals surface area (Å²) in [5.74, 6) is 0.852. The van der Waals surface area contributed by atoms with Crippen molar-refractivity contribution < 1.29 is 0 Å². The van der Waals surface area contributed by atoms with Gasteiger partial charge in [-0.05, 0) is 33.2 Å². The lowest BCUT2D eigenvalue weighted by Gasteiger charge is -2.21. The second-order valence-electron chi connectivity index (χ2n) is 5.06. The molecule has 0 aliphatic heterocycles. The van der Waals surface area contributed by atoms with E-state index in [0.29, 0.717) is 0 Å². The van der Waals surface area contributed by atoms with Crippen LogP contribution in [0.5, 0.6) is 0 Å². The number of hydrogen-bond acceptors (Lipinski definition) is 2. The zero-order valence-corrected chi connectivity index (χ0v) is 10.6. The lowest BCUT2D eigenvalue weighted by Crippen LogP contribution is -2.40. The van der Waals surface area contributed by atoms with Gasteiger partial charge in [0.2, 0.25) is 0 Å². The van der Waals surface area contributed by atoms with E-state index < -0.39 is 0 Å². The summed E-state index contributed by atoms with van der Waals surface area (Å²) in [6.07, 6.45) is 2.58. The Bertz CT molecular complexity index is 123. The predicted molar refractivity (Wildman–Crippen MR) is 64.7 cm³/mol. The molecular weight excluding hydrogens is 172 g/mol. The summed E-state index contributed by atoms with van der Waals surface area (Å²) in [5, 5.41) is 6.97. The van der Waals surface area contributed by atoms with Crippen molar-refractivity contribution in [2.75, 3.05) is 19.6 Å². The number of nitrogens with one attached hydrogen (secondary N) is 2. The predicted octanol–water partition coefficient (Wildman–Crippen LogP) is 2.40. The molecule has 0 heterocycles. The van der Waals surface area contributed by atoms with Gasteiger partial charge in [-0.2, -0.15) is 0 Å². The fourth-order valence-corrected chi connectivity index (χ4v) is 1.41. The molecule has 14 heavy (non-hydrogen) atoms. The molecule has 0 aromatic heterocycles. The van der Waals surface area contributed by atoms with Gasteiger partial charge >= 0.3 is 0 Å². The van der Waals surface area contributed by atoms with E-state index in [4.69, 9.17) is 0 Å². The first kappa shape index (κ1) is 13.9. The van der Waals surface area contributed by atoms with Gasteiger partial charge in [-0.1, -0.05) is 26.7 Å². The molecule has 0 saturated carbocycles. The van der Waals surface area contributed by atoms with Crippen LogP contribution in [0.1, 0.15) is 47.5 Å². The van der Waals surface area contributed by atoms with E-state index in [1.807, 2.05) is 0 Å². The third-order valence-corrected chi connectivity index (χ3v) is 2.54. The monoisotopic (exact) mass is 200 g/mol. The van der Waals surface area contributed by atoms with Crippen LogP contribution in [-0.2, 0) is 0 Å². The van der Waals surface area contributed by atoms with Crippen LogP contribution in [0.4, 0.5) is 0 Å². The average Bonchev–Trinajstić information content (AvgIpc) is 2.09. The molecule has 0 bridgehead atoms.